The summed E-state index contributed by atoms with van der Waals surface area (Å²) in [4.78, 5) is 0. The van der Waals surface area contributed by atoms with Gasteiger partial charge in [-0.3, -0.25) is 0 Å². The number of rotatable bonds is 4. The minimum absolute atomic E-state index is 0.282. The fourth-order valence-electron chi connectivity index (χ4n) is 0.819. The summed E-state index contributed by atoms with van der Waals surface area (Å²) in [6.07, 6.45) is -4.62. The maximum absolute atomic E-state index is 11.8. The topological polar surface area (TPSA) is 12.0 Å². The molecule has 0 aliphatic heterocycles. The van der Waals surface area contributed by atoms with Crippen LogP contribution in [0.4, 0.5) is 13.2 Å². The third-order valence-electron chi connectivity index (χ3n) is 1.25. The number of hydrogen-bond donors (Lipinski definition) is 1. The van der Waals surface area contributed by atoms with Crippen molar-refractivity contribution in [3.8, 4) is 0 Å². The number of nitrogens with one attached hydrogen (secondary N) is 1. The second-order valence-corrected chi connectivity index (χ2v) is 8.08. The number of halogens is 3. The minimum Gasteiger partial charge on any atom is -0.361 e. The van der Waals surface area contributed by atoms with Crippen LogP contribution in [0.1, 0.15) is 6.42 Å². The molecule has 0 aromatic rings. The molecule has 0 saturated carbocycles. The molecule has 0 bridgehead atoms. The molecule has 0 rings (SSSR count). The molecule has 0 aromatic heterocycles. The third-order valence-corrected chi connectivity index (χ3v) is 5.95. The molecule has 0 heterocycles. The first-order valence-corrected chi connectivity index (χ1v) is 8.48. The largest absolute Gasteiger partial charge is 0.388 e. The van der Waals surface area contributed by atoms with E-state index in [1.54, 1.807) is 0 Å². The summed E-state index contributed by atoms with van der Waals surface area (Å²) in [6, 6.07) is 0.282. The first-order valence-electron chi connectivity index (χ1n) is 3.77. The molecule has 0 atom stereocenters. The molecule has 0 amide bonds. The van der Waals surface area contributed by atoms with Crippen molar-refractivity contribution in [1.82, 2.24) is 4.65 Å². The van der Waals surface area contributed by atoms with Gasteiger partial charge in [0.05, 0.1) is 0 Å². The zero-order valence-electron chi connectivity index (χ0n) is 7.55. The Hall–Kier alpha value is 0.184. The van der Waals surface area contributed by atoms with Crippen LogP contribution >= 0.6 is 0 Å². The monoisotopic (exact) mass is 213 g/mol. The van der Waals surface area contributed by atoms with E-state index in [9.17, 15) is 13.2 Å². The van der Waals surface area contributed by atoms with Crippen molar-refractivity contribution in [2.75, 3.05) is 0 Å². The summed E-state index contributed by atoms with van der Waals surface area (Å²) in [7, 11) is -1.52. The van der Waals surface area contributed by atoms with Gasteiger partial charge in [0.2, 0.25) is 0 Å². The lowest BCUT2D eigenvalue weighted by molar-refractivity contribution is -0.130. The predicted molar refractivity (Wildman–Crippen MR) is 47.7 cm³/mol. The standard InChI is InChI=1S/C6H14F3NSi2/c1-11(2)10-12(3)5-4-6(7,8)9/h10H,4-5H2,1-3H3. The summed E-state index contributed by atoms with van der Waals surface area (Å²) in [5.74, 6) is 0. The van der Waals surface area contributed by atoms with E-state index < -0.39 is 30.5 Å². The smallest absolute Gasteiger partial charge is 0.361 e. The van der Waals surface area contributed by atoms with E-state index in [2.05, 4.69) is 4.65 Å². The average Bonchev–Trinajstić information content (AvgIpc) is 1.80. The Morgan fingerprint density at radius 3 is 2.00 bits per heavy atom. The van der Waals surface area contributed by atoms with Gasteiger partial charge in [-0.2, -0.15) is 13.2 Å². The lowest BCUT2D eigenvalue weighted by Crippen LogP contribution is -2.39. The third kappa shape index (κ3) is 8.28. The van der Waals surface area contributed by atoms with Crippen LogP contribution in [0.2, 0.25) is 25.7 Å². The summed E-state index contributed by atoms with van der Waals surface area (Å²) in [5.41, 5.74) is 0. The SMILES string of the molecule is C[Si](C)N[Si](C)CCC(F)(F)F. The van der Waals surface area contributed by atoms with E-state index in [1.807, 2.05) is 19.6 Å². The van der Waals surface area contributed by atoms with Crippen molar-refractivity contribution in [2.45, 2.75) is 38.3 Å². The molecule has 0 saturated heterocycles. The fourth-order valence-corrected chi connectivity index (χ4v) is 5.39. The van der Waals surface area contributed by atoms with Crippen molar-refractivity contribution in [2.24, 2.45) is 0 Å². The highest BCUT2D eigenvalue weighted by molar-refractivity contribution is 6.71. The maximum atomic E-state index is 11.8. The van der Waals surface area contributed by atoms with Gasteiger partial charge in [0, 0.05) is 6.42 Å². The van der Waals surface area contributed by atoms with Crippen LogP contribution in [0.25, 0.3) is 0 Å². The Balaban J connectivity index is 3.51. The molecule has 0 unspecified atom stereocenters. The summed E-state index contributed by atoms with van der Waals surface area (Å²) in [5, 5.41) is 0. The first-order chi connectivity index (χ1) is 5.31. The molecular formula is C6H14F3NSi2. The second kappa shape index (κ2) is 5.03. The van der Waals surface area contributed by atoms with Crippen LogP contribution in [0.15, 0.2) is 0 Å². The molecule has 72 valence electrons. The van der Waals surface area contributed by atoms with Gasteiger partial charge in [-0.1, -0.05) is 19.6 Å². The van der Waals surface area contributed by atoms with E-state index in [0.29, 0.717) is 0 Å². The van der Waals surface area contributed by atoms with Crippen LogP contribution in [-0.4, -0.2) is 24.1 Å². The van der Waals surface area contributed by atoms with Crippen molar-refractivity contribution in [1.29, 1.82) is 0 Å². The summed E-state index contributed by atoms with van der Waals surface area (Å²) < 4.78 is 38.5. The van der Waals surface area contributed by atoms with Crippen molar-refractivity contribution in [3.63, 3.8) is 0 Å². The van der Waals surface area contributed by atoms with E-state index in [4.69, 9.17) is 0 Å². The maximum Gasteiger partial charge on any atom is 0.388 e. The summed E-state index contributed by atoms with van der Waals surface area (Å²) in [6.45, 7) is 5.99. The first kappa shape index (κ1) is 12.2. The Labute approximate surface area is 74.7 Å². The van der Waals surface area contributed by atoms with E-state index >= 15 is 0 Å². The Kier molecular flexibility index (Phi) is 5.11. The molecule has 0 fully saturated rings. The zero-order chi connectivity index (χ0) is 9.78. The molecule has 0 spiro atoms. The van der Waals surface area contributed by atoms with Gasteiger partial charge in [-0.25, -0.2) is 0 Å². The molecule has 12 heavy (non-hydrogen) atoms. The van der Waals surface area contributed by atoms with Gasteiger partial charge in [0.1, 0.15) is 17.9 Å². The van der Waals surface area contributed by atoms with Crippen LogP contribution < -0.4 is 4.65 Å². The fraction of sp³-hybridized carbons (Fsp3) is 1.00. The Morgan fingerprint density at radius 1 is 1.17 bits per heavy atom. The molecule has 0 aliphatic carbocycles. The van der Waals surface area contributed by atoms with Crippen molar-refractivity contribution >= 4 is 17.9 Å². The highest BCUT2D eigenvalue weighted by Crippen LogP contribution is 2.22. The van der Waals surface area contributed by atoms with E-state index in [0.717, 1.165) is 0 Å². The lowest BCUT2D eigenvalue weighted by Gasteiger charge is -2.14. The van der Waals surface area contributed by atoms with Crippen molar-refractivity contribution < 1.29 is 13.2 Å². The minimum atomic E-state index is -3.98. The number of hydrogen-bond acceptors (Lipinski definition) is 1. The van der Waals surface area contributed by atoms with Gasteiger partial charge in [0.25, 0.3) is 0 Å². The molecule has 0 aromatic carbocycles. The Morgan fingerprint density at radius 2 is 1.67 bits per heavy atom. The van der Waals surface area contributed by atoms with Gasteiger partial charge < -0.3 is 4.65 Å². The van der Waals surface area contributed by atoms with Crippen molar-refractivity contribution in [3.05, 3.63) is 0 Å². The molecule has 1 N–H and O–H groups in total. The van der Waals surface area contributed by atoms with E-state index in [-0.39, 0.29) is 6.04 Å². The van der Waals surface area contributed by atoms with Crippen LogP contribution in [0.3, 0.4) is 0 Å². The quantitative estimate of drug-likeness (QED) is 0.707. The average molecular weight is 213 g/mol. The normalized spacial score (nSPS) is 13.0. The van der Waals surface area contributed by atoms with Gasteiger partial charge >= 0.3 is 6.18 Å². The number of alkyl halides is 3. The molecule has 1 nitrogen and oxygen atoms in total. The molecule has 0 aliphatic rings. The lowest BCUT2D eigenvalue weighted by atomic mass is 10.5. The van der Waals surface area contributed by atoms with Crippen LogP contribution in [-0.2, 0) is 0 Å². The second-order valence-electron chi connectivity index (χ2n) is 3.02. The van der Waals surface area contributed by atoms with E-state index in [1.165, 1.54) is 0 Å². The molecule has 6 heteroatoms. The molecule has 2 radical (unpaired) electrons. The van der Waals surface area contributed by atoms with Gasteiger partial charge in [-0.05, 0) is 6.04 Å². The Bertz CT molecular complexity index is 126. The predicted octanol–water partition coefficient (Wildman–Crippen LogP) is 2.40. The van der Waals surface area contributed by atoms with Crippen LogP contribution in [0, 0.1) is 0 Å². The van der Waals surface area contributed by atoms with Gasteiger partial charge in [-0.15, -0.1) is 0 Å². The molecular weight excluding hydrogens is 199 g/mol. The highest BCUT2D eigenvalue weighted by Gasteiger charge is 2.27. The highest BCUT2D eigenvalue weighted by atomic mass is 28.3. The summed E-state index contributed by atoms with van der Waals surface area (Å²) >= 11 is 0. The van der Waals surface area contributed by atoms with Crippen LogP contribution in [0.5, 0.6) is 0 Å². The van der Waals surface area contributed by atoms with Gasteiger partial charge in [0.15, 0.2) is 0 Å². The zero-order valence-corrected chi connectivity index (χ0v) is 9.55.